The number of hydrogen-bond donors (Lipinski definition) is 3. The van der Waals surface area contributed by atoms with E-state index in [1.807, 2.05) is 45.0 Å². The number of carbonyl (C=O) groups is 1. The van der Waals surface area contributed by atoms with Gasteiger partial charge in [-0.05, 0) is 35.9 Å². The summed E-state index contributed by atoms with van der Waals surface area (Å²) in [5.41, 5.74) is 6.09. The third kappa shape index (κ3) is 4.26. The minimum Gasteiger partial charge on any atom is -0.335 e. The monoisotopic (exact) mass is 506 g/mol. The van der Waals surface area contributed by atoms with Gasteiger partial charge in [0.1, 0.15) is 11.3 Å². The first-order valence-corrected chi connectivity index (χ1v) is 12.0. The van der Waals surface area contributed by atoms with Gasteiger partial charge in [0.05, 0.1) is 40.3 Å². The van der Waals surface area contributed by atoms with Crippen LogP contribution in [-0.2, 0) is 4.79 Å². The fourth-order valence-electron chi connectivity index (χ4n) is 4.10. The summed E-state index contributed by atoms with van der Waals surface area (Å²) in [4.78, 5) is 33.9. The topological polar surface area (TPSA) is 125 Å². The Kier molecular flexibility index (Phi) is 5.45. The molecule has 0 aliphatic carbocycles. The van der Waals surface area contributed by atoms with Gasteiger partial charge >= 0.3 is 0 Å². The molecule has 0 atom stereocenters. The first kappa shape index (κ1) is 23.4. The lowest BCUT2D eigenvalue weighted by molar-refractivity contribution is -0.123. The van der Waals surface area contributed by atoms with Crippen molar-refractivity contribution < 1.29 is 9.18 Å². The maximum Gasteiger partial charge on any atom is 0.229 e. The zero-order valence-electron chi connectivity index (χ0n) is 20.9. The third-order valence-corrected chi connectivity index (χ3v) is 6.13. The summed E-state index contributed by atoms with van der Waals surface area (Å²) in [6.45, 7) is 5.56. The van der Waals surface area contributed by atoms with Gasteiger partial charge in [0.25, 0.3) is 0 Å². The van der Waals surface area contributed by atoms with Gasteiger partial charge in [-0.25, -0.2) is 14.4 Å². The number of carbonyl (C=O) groups excluding carboxylic acids is 1. The maximum atomic E-state index is 13.9. The smallest absolute Gasteiger partial charge is 0.229 e. The summed E-state index contributed by atoms with van der Waals surface area (Å²) >= 11 is 0. The number of aromatic amines is 2. The molecular formula is C28H23FN8O. The third-order valence-electron chi connectivity index (χ3n) is 6.13. The van der Waals surface area contributed by atoms with Gasteiger partial charge in [0, 0.05) is 28.9 Å². The van der Waals surface area contributed by atoms with Gasteiger partial charge in [-0.1, -0.05) is 32.9 Å². The van der Waals surface area contributed by atoms with E-state index in [2.05, 4.69) is 30.5 Å². The number of rotatable bonds is 4. The zero-order valence-corrected chi connectivity index (χ0v) is 20.9. The fourth-order valence-corrected chi connectivity index (χ4v) is 4.10. The van der Waals surface area contributed by atoms with Crippen molar-refractivity contribution in [1.82, 2.24) is 35.1 Å². The summed E-state index contributed by atoms with van der Waals surface area (Å²) in [5.74, 6) is 0.0710. The van der Waals surface area contributed by atoms with Crippen LogP contribution in [0.1, 0.15) is 20.8 Å². The van der Waals surface area contributed by atoms with Crippen molar-refractivity contribution >= 4 is 33.7 Å². The molecule has 6 aromatic rings. The Bertz CT molecular complexity index is 1830. The van der Waals surface area contributed by atoms with Crippen molar-refractivity contribution in [2.75, 3.05) is 5.32 Å². The zero-order chi connectivity index (χ0) is 26.4. The van der Waals surface area contributed by atoms with Gasteiger partial charge in [0.15, 0.2) is 11.5 Å². The molecule has 10 heteroatoms. The van der Waals surface area contributed by atoms with Gasteiger partial charge in [-0.15, -0.1) is 0 Å². The normalized spacial score (nSPS) is 11.8. The molecule has 38 heavy (non-hydrogen) atoms. The highest BCUT2D eigenvalue weighted by Crippen LogP contribution is 2.32. The summed E-state index contributed by atoms with van der Waals surface area (Å²) < 4.78 is 13.9. The average molecular weight is 507 g/mol. The predicted molar refractivity (Wildman–Crippen MR) is 143 cm³/mol. The lowest BCUT2D eigenvalue weighted by Crippen LogP contribution is -2.27. The molecule has 1 aromatic carbocycles. The lowest BCUT2D eigenvalue weighted by atomic mass is 9.95. The summed E-state index contributed by atoms with van der Waals surface area (Å²) in [5, 5.41) is 10.4. The first-order chi connectivity index (χ1) is 18.3. The summed E-state index contributed by atoms with van der Waals surface area (Å²) in [6, 6.07) is 11.9. The second-order valence-corrected chi connectivity index (χ2v) is 10.0. The Morgan fingerprint density at radius 1 is 0.895 bits per heavy atom. The van der Waals surface area contributed by atoms with E-state index in [1.165, 1.54) is 12.1 Å². The summed E-state index contributed by atoms with van der Waals surface area (Å²) in [6.07, 6.45) is 6.64. The van der Waals surface area contributed by atoms with Crippen LogP contribution in [0.25, 0.3) is 56.0 Å². The van der Waals surface area contributed by atoms with E-state index in [9.17, 15) is 9.18 Å². The standard InChI is InChI=1S/C28H23FN8O/c1-28(2,3)27(38)32-18-10-16(11-30-12-18)20-7-8-21-24(33-20)25(37-36-21)26-34-22-14-31-13-19(23(22)35-26)15-5-4-6-17(29)9-15/h4-14H,1-3H3,(H,32,38)(H,34,35)(H,36,37). The Morgan fingerprint density at radius 2 is 1.74 bits per heavy atom. The molecule has 0 aliphatic rings. The molecule has 6 rings (SSSR count). The fraction of sp³-hybridized carbons (Fsp3) is 0.143. The van der Waals surface area contributed by atoms with Crippen molar-refractivity contribution in [3.05, 3.63) is 73.1 Å². The Labute approximate surface area is 216 Å². The number of aromatic nitrogens is 7. The number of H-pyrrole nitrogens is 2. The number of hydrogen-bond acceptors (Lipinski definition) is 6. The number of nitrogens with one attached hydrogen (secondary N) is 3. The molecule has 3 N–H and O–H groups in total. The highest BCUT2D eigenvalue weighted by Gasteiger charge is 2.22. The van der Waals surface area contributed by atoms with Crippen LogP contribution in [0.5, 0.6) is 0 Å². The van der Waals surface area contributed by atoms with Crippen LogP contribution in [0.3, 0.4) is 0 Å². The highest BCUT2D eigenvalue weighted by molar-refractivity contribution is 5.96. The van der Waals surface area contributed by atoms with E-state index >= 15 is 0 Å². The van der Waals surface area contributed by atoms with Crippen LogP contribution in [0, 0.1) is 11.2 Å². The molecule has 0 spiro atoms. The van der Waals surface area contributed by atoms with Crippen LogP contribution in [0.2, 0.25) is 0 Å². The van der Waals surface area contributed by atoms with Crippen LogP contribution in [0.4, 0.5) is 10.1 Å². The maximum absolute atomic E-state index is 13.9. The number of benzene rings is 1. The van der Waals surface area contributed by atoms with Crippen molar-refractivity contribution in [3.63, 3.8) is 0 Å². The Balaban J connectivity index is 1.40. The Hall–Kier alpha value is -4.99. The minimum absolute atomic E-state index is 0.103. The number of pyridine rings is 3. The van der Waals surface area contributed by atoms with E-state index in [1.54, 1.807) is 30.9 Å². The van der Waals surface area contributed by atoms with Crippen LogP contribution in [-0.4, -0.2) is 41.0 Å². The molecular weight excluding hydrogens is 483 g/mol. The number of anilines is 1. The number of amides is 1. The van der Waals surface area contributed by atoms with Gasteiger partial charge in [-0.2, -0.15) is 5.10 Å². The van der Waals surface area contributed by atoms with E-state index in [0.717, 1.165) is 11.1 Å². The van der Waals surface area contributed by atoms with E-state index in [0.29, 0.717) is 50.6 Å². The molecule has 0 saturated carbocycles. The second kappa shape index (κ2) is 8.84. The first-order valence-electron chi connectivity index (χ1n) is 12.0. The molecule has 0 aliphatic heterocycles. The van der Waals surface area contributed by atoms with Crippen LogP contribution < -0.4 is 5.32 Å². The average Bonchev–Trinajstić information content (AvgIpc) is 3.52. The van der Waals surface area contributed by atoms with Crippen molar-refractivity contribution in [2.45, 2.75) is 20.8 Å². The molecule has 0 saturated heterocycles. The molecule has 0 bridgehead atoms. The van der Waals surface area contributed by atoms with E-state index in [-0.39, 0.29) is 11.7 Å². The number of fused-ring (bicyclic) bond motifs is 2. The molecule has 0 radical (unpaired) electrons. The summed E-state index contributed by atoms with van der Waals surface area (Å²) in [7, 11) is 0. The SMILES string of the molecule is CC(C)(C)C(=O)Nc1cncc(-c2ccc3[nH]nc(-c4nc5c(-c6cccc(F)c6)cncc5[nH]4)c3n2)c1. The van der Waals surface area contributed by atoms with Crippen molar-refractivity contribution in [1.29, 1.82) is 0 Å². The predicted octanol–water partition coefficient (Wildman–Crippen LogP) is 5.75. The minimum atomic E-state index is -0.532. The molecule has 188 valence electrons. The second-order valence-electron chi connectivity index (χ2n) is 10.0. The molecule has 0 unspecified atom stereocenters. The number of nitrogens with zero attached hydrogens (tertiary/aromatic N) is 5. The number of halogens is 1. The van der Waals surface area contributed by atoms with Crippen molar-refractivity contribution in [2.24, 2.45) is 5.41 Å². The lowest BCUT2D eigenvalue weighted by Gasteiger charge is -2.17. The van der Waals surface area contributed by atoms with Gasteiger partial charge in [-0.3, -0.25) is 19.9 Å². The molecule has 9 nitrogen and oxygen atoms in total. The molecule has 5 heterocycles. The van der Waals surface area contributed by atoms with Gasteiger partial charge < -0.3 is 10.3 Å². The molecule has 1 amide bonds. The van der Waals surface area contributed by atoms with E-state index in [4.69, 9.17) is 9.97 Å². The highest BCUT2D eigenvalue weighted by atomic mass is 19.1. The number of imidazole rings is 1. The van der Waals surface area contributed by atoms with Crippen molar-refractivity contribution in [3.8, 4) is 33.9 Å². The van der Waals surface area contributed by atoms with Crippen LogP contribution in [0.15, 0.2) is 67.3 Å². The largest absolute Gasteiger partial charge is 0.335 e. The molecule has 5 aromatic heterocycles. The Morgan fingerprint density at radius 3 is 2.55 bits per heavy atom. The molecule has 0 fully saturated rings. The quantitative estimate of drug-likeness (QED) is 0.280. The van der Waals surface area contributed by atoms with Gasteiger partial charge in [0.2, 0.25) is 5.91 Å². The van der Waals surface area contributed by atoms with E-state index < -0.39 is 5.41 Å². The van der Waals surface area contributed by atoms with Crippen LogP contribution >= 0.6 is 0 Å².